The number of carbonyl (C=O) groups excluding carboxylic acids is 1. The van der Waals surface area contributed by atoms with Crippen molar-refractivity contribution in [3.63, 3.8) is 0 Å². The zero-order valence-corrected chi connectivity index (χ0v) is 17.9. The van der Waals surface area contributed by atoms with Crippen LogP contribution in [-0.2, 0) is 11.3 Å². The van der Waals surface area contributed by atoms with E-state index >= 15 is 0 Å². The molecule has 4 rings (SSSR count). The van der Waals surface area contributed by atoms with E-state index in [1.807, 2.05) is 0 Å². The molecule has 2 unspecified atom stereocenters. The molecule has 0 N–H and O–H groups in total. The Morgan fingerprint density at radius 2 is 1.62 bits per heavy atom. The molecule has 3 nitrogen and oxygen atoms in total. The van der Waals surface area contributed by atoms with Crippen molar-refractivity contribution in [1.29, 1.82) is 0 Å². The maximum Gasteiger partial charge on any atom is 0.229 e. The van der Waals surface area contributed by atoms with Gasteiger partial charge in [-0.15, -0.1) is 0 Å². The first kappa shape index (κ1) is 20.0. The normalized spacial score (nSPS) is 21.0. The second kappa shape index (κ2) is 9.02. The lowest BCUT2D eigenvalue weighted by atomic mass is 9.93. The summed E-state index contributed by atoms with van der Waals surface area (Å²) in [6, 6.07) is 19.1. The lowest BCUT2D eigenvalue weighted by molar-refractivity contribution is -0.122. The van der Waals surface area contributed by atoms with Crippen LogP contribution in [-0.4, -0.2) is 19.0 Å². The molecule has 154 valence electrons. The highest BCUT2D eigenvalue weighted by Crippen LogP contribution is 2.37. The van der Waals surface area contributed by atoms with Crippen LogP contribution in [0.3, 0.4) is 0 Å². The average Bonchev–Trinajstić information content (AvgIpc) is 3.20. The zero-order chi connectivity index (χ0) is 20.2. The smallest absolute Gasteiger partial charge is 0.229 e. The third-order valence-electron chi connectivity index (χ3n) is 6.61. The molecule has 0 spiro atoms. The number of amides is 1. The van der Waals surface area contributed by atoms with Crippen LogP contribution in [0.1, 0.15) is 51.5 Å². The fraction of sp³-hybridized carbons (Fsp3) is 0.500. The standard InChI is InChI=1S/C26H34N2O/c1-20-17-27(19-23-12-4-3-5-13-23)24-14-8-9-15-25(24)28(18-20)26(29)21(2)16-22-10-6-7-11-22/h3-5,8-9,12-15,20-22H,6-7,10-11,16-19H2,1-2H3. The van der Waals surface area contributed by atoms with Crippen LogP contribution in [0.2, 0.25) is 0 Å². The number of carbonyl (C=O) groups is 1. The maximum absolute atomic E-state index is 13.5. The number of anilines is 2. The van der Waals surface area contributed by atoms with E-state index in [1.54, 1.807) is 0 Å². The van der Waals surface area contributed by atoms with Crippen LogP contribution in [0.25, 0.3) is 0 Å². The largest absolute Gasteiger partial charge is 0.365 e. The minimum atomic E-state index is 0.0963. The van der Waals surface area contributed by atoms with Gasteiger partial charge < -0.3 is 9.80 Å². The molecule has 2 aromatic carbocycles. The predicted molar refractivity (Wildman–Crippen MR) is 121 cm³/mol. The van der Waals surface area contributed by atoms with Crippen molar-refractivity contribution in [1.82, 2.24) is 0 Å². The monoisotopic (exact) mass is 390 g/mol. The molecule has 1 aliphatic carbocycles. The van der Waals surface area contributed by atoms with Crippen LogP contribution >= 0.6 is 0 Å². The molecular weight excluding hydrogens is 356 g/mol. The Morgan fingerprint density at radius 1 is 0.966 bits per heavy atom. The van der Waals surface area contributed by atoms with Gasteiger partial charge in [0, 0.05) is 25.6 Å². The summed E-state index contributed by atoms with van der Waals surface area (Å²) in [6.07, 6.45) is 6.32. The first-order chi connectivity index (χ1) is 14.1. The van der Waals surface area contributed by atoms with Gasteiger partial charge in [0.1, 0.15) is 0 Å². The quantitative estimate of drug-likeness (QED) is 0.635. The number of hydrogen-bond donors (Lipinski definition) is 0. The lowest BCUT2D eigenvalue weighted by Gasteiger charge is -2.29. The van der Waals surface area contributed by atoms with Crippen molar-refractivity contribution in [3.05, 3.63) is 60.2 Å². The number of para-hydroxylation sites is 2. The van der Waals surface area contributed by atoms with E-state index in [0.29, 0.717) is 11.8 Å². The van der Waals surface area contributed by atoms with Gasteiger partial charge >= 0.3 is 0 Å². The van der Waals surface area contributed by atoms with E-state index in [9.17, 15) is 4.79 Å². The molecular formula is C26H34N2O. The van der Waals surface area contributed by atoms with Gasteiger partial charge in [0.2, 0.25) is 5.91 Å². The number of nitrogens with zero attached hydrogens (tertiary/aromatic N) is 2. The summed E-state index contributed by atoms with van der Waals surface area (Å²) in [4.78, 5) is 18.1. The molecule has 3 heteroatoms. The minimum absolute atomic E-state index is 0.0963. The fourth-order valence-corrected chi connectivity index (χ4v) is 5.18. The van der Waals surface area contributed by atoms with Crippen molar-refractivity contribution in [2.45, 2.75) is 52.5 Å². The summed E-state index contributed by atoms with van der Waals surface area (Å²) < 4.78 is 0. The minimum Gasteiger partial charge on any atom is -0.365 e. The molecule has 0 bridgehead atoms. The molecule has 1 saturated carbocycles. The van der Waals surface area contributed by atoms with Crippen molar-refractivity contribution >= 4 is 17.3 Å². The molecule has 2 aliphatic rings. The van der Waals surface area contributed by atoms with Crippen molar-refractivity contribution in [2.24, 2.45) is 17.8 Å². The van der Waals surface area contributed by atoms with Crippen molar-refractivity contribution in [2.75, 3.05) is 22.9 Å². The van der Waals surface area contributed by atoms with Gasteiger partial charge in [-0.1, -0.05) is 82.0 Å². The van der Waals surface area contributed by atoms with E-state index in [1.165, 1.54) is 36.9 Å². The van der Waals surface area contributed by atoms with Crippen LogP contribution in [0.15, 0.2) is 54.6 Å². The third kappa shape index (κ3) is 4.66. The predicted octanol–water partition coefficient (Wildman–Crippen LogP) is 5.89. The SMILES string of the molecule is CC1CN(Cc2ccccc2)c2ccccc2N(C(=O)C(C)CC2CCCC2)C1. The van der Waals surface area contributed by atoms with Crippen LogP contribution in [0.4, 0.5) is 11.4 Å². The summed E-state index contributed by atoms with van der Waals surface area (Å²) in [5.41, 5.74) is 3.57. The Bertz CT molecular complexity index is 812. The van der Waals surface area contributed by atoms with Gasteiger partial charge in [-0.25, -0.2) is 0 Å². The van der Waals surface area contributed by atoms with Gasteiger partial charge in [0.15, 0.2) is 0 Å². The van der Waals surface area contributed by atoms with E-state index < -0.39 is 0 Å². The highest BCUT2D eigenvalue weighted by Gasteiger charge is 2.31. The molecule has 0 aromatic heterocycles. The van der Waals surface area contributed by atoms with Crippen molar-refractivity contribution < 1.29 is 4.79 Å². The summed E-state index contributed by atoms with van der Waals surface area (Å²) in [5, 5.41) is 0. The highest BCUT2D eigenvalue weighted by molar-refractivity contribution is 5.98. The molecule has 2 atom stereocenters. The Labute approximate surface area is 175 Å². The Balaban J connectivity index is 1.58. The highest BCUT2D eigenvalue weighted by atomic mass is 16.2. The molecule has 0 saturated heterocycles. The topological polar surface area (TPSA) is 23.6 Å². The fourth-order valence-electron chi connectivity index (χ4n) is 5.18. The number of benzene rings is 2. The van der Waals surface area contributed by atoms with Gasteiger partial charge in [0.25, 0.3) is 0 Å². The van der Waals surface area contributed by atoms with E-state index in [2.05, 4.69) is 78.2 Å². The summed E-state index contributed by atoms with van der Waals surface area (Å²) in [5.74, 6) is 1.56. The molecule has 1 fully saturated rings. The Hall–Kier alpha value is -2.29. The van der Waals surface area contributed by atoms with E-state index in [4.69, 9.17) is 0 Å². The van der Waals surface area contributed by atoms with Gasteiger partial charge in [0.05, 0.1) is 11.4 Å². The zero-order valence-electron chi connectivity index (χ0n) is 17.9. The van der Waals surface area contributed by atoms with Gasteiger partial charge in [-0.2, -0.15) is 0 Å². The van der Waals surface area contributed by atoms with Crippen LogP contribution in [0.5, 0.6) is 0 Å². The molecule has 1 heterocycles. The molecule has 0 radical (unpaired) electrons. The first-order valence-electron chi connectivity index (χ1n) is 11.3. The summed E-state index contributed by atoms with van der Waals surface area (Å²) in [6.45, 7) is 7.05. The van der Waals surface area contributed by atoms with Crippen molar-refractivity contribution in [3.8, 4) is 0 Å². The van der Waals surface area contributed by atoms with Gasteiger partial charge in [-0.05, 0) is 36.0 Å². The first-order valence-corrected chi connectivity index (χ1v) is 11.3. The second-order valence-corrected chi connectivity index (χ2v) is 9.20. The van der Waals surface area contributed by atoms with E-state index in [0.717, 1.165) is 37.7 Å². The molecule has 2 aromatic rings. The van der Waals surface area contributed by atoms with Crippen LogP contribution in [0, 0.1) is 17.8 Å². The number of hydrogen-bond acceptors (Lipinski definition) is 2. The van der Waals surface area contributed by atoms with E-state index in [-0.39, 0.29) is 5.92 Å². The number of rotatable bonds is 5. The second-order valence-electron chi connectivity index (χ2n) is 9.20. The Kier molecular flexibility index (Phi) is 6.22. The summed E-state index contributed by atoms with van der Waals surface area (Å²) >= 11 is 0. The molecule has 29 heavy (non-hydrogen) atoms. The van der Waals surface area contributed by atoms with Gasteiger partial charge in [-0.3, -0.25) is 4.79 Å². The Morgan fingerprint density at radius 3 is 2.34 bits per heavy atom. The third-order valence-corrected chi connectivity index (χ3v) is 6.61. The van der Waals surface area contributed by atoms with Crippen LogP contribution < -0.4 is 9.80 Å². The summed E-state index contributed by atoms with van der Waals surface area (Å²) in [7, 11) is 0. The average molecular weight is 391 g/mol. The maximum atomic E-state index is 13.5. The lowest BCUT2D eigenvalue weighted by Crippen LogP contribution is -2.38. The molecule has 1 aliphatic heterocycles. The number of fused-ring (bicyclic) bond motifs is 1. The molecule has 1 amide bonds.